The lowest BCUT2D eigenvalue weighted by Crippen LogP contribution is -2.40. The second kappa shape index (κ2) is 4.25. The molecule has 1 saturated carbocycles. The molecule has 1 fully saturated rings. The zero-order chi connectivity index (χ0) is 12.7. The van der Waals surface area contributed by atoms with Gasteiger partial charge in [-0.05, 0) is 48.8 Å². The number of hydrogen-bond donors (Lipinski definition) is 1. The quantitative estimate of drug-likeness (QED) is 0.851. The lowest BCUT2D eigenvalue weighted by Gasteiger charge is -2.27. The minimum absolute atomic E-state index is 0.190. The van der Waals surface area contributed by atoms with Crippen LogP contribution in [0.4, 0.5) is 4.39 Å². The van der Waals surface area contributed by atoms with Gasteiger partial charge in [0.15, 0.2) is 0 Å². The molecule has 0 radical (unpaired) electrons. The molecule has 1 atom stereocenters. The minimum Gasteiger partial charge on any atom is -0.325 e. The van der Waals surface area contributed by atoms with Gasteiger partial charge in [0, 0.05) is 10.6 Å². The molecule has 0 saturated heterocycles. The van der Waals surface area contributed by atoms with E-state index in [0.29, 0.717) is 10.4 Å². The maximum atomic E-state index is 13.0. The summed E-state index contributed by atoms with van der Waals surface area (Å²) < 4.78 is 13.0. The van der Waals surface area contributed by atoms with Crippen molar-refractivity contribution in [2.45, 2.75) is 45.1 Å². The molecule has 1 unspecified atom stereocenters. The third-order valence-corrected chi connectivity index (χ3v) is 4.04. The van der Waals surface area contributed by atoms with Crippen LogP contribution in [0, 0.1) is 11.2 Å². The molecule has 0 aromatic heterocycles. The summed E-state index contributed by atoms with van der Waals surface area (Å²) >= 11 is 6.05. The second-order valence-corrected chi connectivity index (χ2v) is 6.52. The van der Waals surface area contributed by atoms with Gasteiger partial charge in [-0.3, -0.25) is 0 Å². The van der Waals surface area contributed by atoms with Crippen LogP contribution in [0.3, 0.4) is 0 Å². The van der Waals surface area contributed by atoms with Gasteiger partial charge < -0.3 is 5.73 Å². The Balaban J connectivity index is 2.16. The minimum atomic E-state index is -0.295. The second-order valence-electron chi connectivity index (χ2n) is 6.12. The Morgan fingerprint density at radius 1 is 1.35 bits per heavy atom. The first-order valence-electron chi connectivity index (χ1n) is 6.03. The van der Waals surface area contributed by atoms with Crippen molar-refractivity contribution in [2.24, 2.45) is 11.1 Å². The molecule has 94 valence electrons. The number of benzene rings is 1. The van der Waals surface area contributed by atoms with Crippen molar-refractivity contribution in [3.63, 3.8) is 0 Å². The van der Waals surface area contributed by atoms with E-state index in [-0.39, 0.29) is 11.4 Å². The maximum absolute atomic E-state index is 13.0. The Kier molecular flexibility index (Phi) is 3.21. The molecule has 3 heteroatoms. The van der Waals surface area contributed by atoms with Gasteiger partial charge in [-0.2, -0.15) is 0 Å². The highest BCUT2D eigenvalue weighted by Crippen LogP contribution is 2.44. The summed E-state index contributed by atoms with van der Waals surface area (Å²) in [6.45, 7) is 4.49. The summed E-state index contributed by atoms with van der Waals surface area (Å²) in [5, 5.41) is 0.486. The van der Waals surface area contributed by atoms with Crippen LogP contribution in [-0.4, -0.2) is 5.54 Å². The summed E-state index contributed by atoms with van der Waals surface area (Å²) in [4.78, 5) is 0. The number of nitrogens with two attached hydrogens (primary N) is 1. The standard InChI is InChI=1S/C14H19ClFN/c1-13(2)5-6-14(17,9-13)8-10-3-4-11(16)7-12(10)15/h3-4,7H,5-6,8-9,17H2,1-2H3. The van der Waals surface area contributed by atoms with Crippen molar-refractivity contribution in [3.8, 4) is 0 Å². The van der Waals surface area contributed by atoms with E-state index in [0.717, 1.165) is 31.2 Å². The largest absolute Gasteiger partial charge is 0.325 e. The Bertz CT molecular complexity index is 430. The lowest BCUT2D eigenvalue weighted by molar-refractivity contribution is 0.334. The molecule has 2 rings (SSSR count). The molecule has 0 bridgehead atoms. The zero-order valence-electron chi connectivity index (χ0n) is 10.4. The molecule has 1 aliphatic carbocycles. The molecule has 2 N–H and O–H groups in total. The van der Waals surface area contributed by atoms with Crippen LogP contribution < -0.4 is 5.73 Å². The topological polar surface area (TPSA) is 26.0 Å². The first kappa shape index (κ1) is 12.8. The highest BCUT2D eigenvalue weighted by atomic mass is 35.5. The number of hydrogen-bond acceptors (Lipinski definition) is 1. The fourth-order valence-corrected chi connectivity index (χ4v) is 3.15. The van der Waals surface area contributed by atoms with Crippen molar-refractivity contribution >= 4 is 11.6 Å². The van der Waals surface area contributed by atoms with E-state index in [4.69, 9.17) is 17.3 Å². The molecule has 1 aromatic carbocycles. The van der Waals surface area contributed by atoms with Crippen LogP contribution in [-0.2, 0) is 6.42 Å². The molecule has 0 spiro atoms. The van der Waals surface area contributed by atoms with Crippen molar-refractivity contribution in [2.75, 3.05) is 0 Å². The summed E-state index contributed by atoms with van der Waals surface area (Å²) in [7, 11) is 0. The van der Waals surface area contributed by atoms with E-state index >= 15 is 0 Å². The van der Waals surface area contributed by atoms with Crippen LogP contribution in [0.25, 0.3) is 0 Å². The third kappa shape index (κ3) is 2.99. The highest BCUT2D eigenvalue weighted by Gasteiger charge is 2.40. The number of halogens is 2. The van der Waals surface area contributed by atoms with Gasteiger partial charge in [0.05, 0.1) is 0 Å². The van der Waals surface area contributed by atoms with E-state index in [1.807, 2.05) is 0 Å². The first-order valence-corrected chi connectivity index (χ1v) is 6.40. The van der Waals surface area contributed by atoms with Gasteiger partial charge in [-0.1, -0.05) is 31.5 Å². The van der Waals surface area contributed by atoms with Gasteiger partial charge in [0.1, 0.15) is 5.82 Å². The highest BCUT2D eigenvalue weighted by molar-refractivity contribution is 6.31. The Morgan fingerprint density at radius 2 is 2.06 bits per heavy atom. The van der Waals surface area contributed by atoms with Crippen LogP contribution in [0.15, 0.2) is 18.2 Å². The van der Waals surface area contributed by atoms with E-state index in [2.05, 4.69) is 13.8 Å². The van der Waals surface area contributed by atoms with Crippen molar-refractivity contribution in [1.29, 1.82) is 0 Å². The monoisotopic (exact) mass is 255 g/mol. The molecule has 1 aromatic rings. The normalized spacial score (nSPS) is 27.4. The van der Waals surface area contributed by atoms with Gasteiger partial charge in [-0.25, -0.2) is 4.39 Å². The lowest BCUT2D eigenvalue weighted by atomic mass is 9.85. The van der Waals surface area contributed by atoms with Crippen LogP contribution in [0.2, 0.25) is 5.02 Å². The fraction of sp³-hybridized carbons (Fsp3) is 0.571. The van der Waals surface area contributed by atoms with Crippen molar-refractivity contribution in [1.82, 2.24) is 0 Å². The van der Waals surface area contributed by atoms with Gasteiger partial charge >= 0.3 is 0 Å². The van der Waals surface area contributed by atoms with E-state index < -0.39 is 0 Å². The Labute approximate surface area is 107 Å². The van der Waals surface area contributed by atoms with Gasteiger partial charge in [0.2, 0.25) is 0 Å². The molecular weight excluding hydrogens is 237 g/mol. The zero-order valence-corrected chi connectivity index (χ0v) is 11.1. The van der Waals surface area contributed by atoms with Crippen LogP contribution in [0.5, 0.6) is 0 Å². The molecule has 1 aliphatic rings. The molecular formula is C14H19ClFN. The van der Waals surface area contributed by atoms with Crippen molar-refractivity contribution < 1.29 is 4.39 Å². The summed E-state index contributed by atoms with van der Waals surface area (Å²) in [6.07, 6.45) is 3.87. The predicted octanol–water partition coefficient (Wildman–Crippen LogP) is 3.93. The first-order chi connectivity index (χ1) is 7.80. The maximum Gasteiger partial charge on any atom is 0.124 e. The molecule has 0 heterocycles. The molecule has 1 nitrogen and oxygen atoms in total. The van der Waals surface area contributed by atoms with Crippen LogP contribution >= 0.6 is 11.6 Å². The molecule has 17 heavy (non-hydrogen) atoms. The average Bonchev–Trinajstić information content (AvgIpc) is 2.46. The SMILES string of the molecule is CC1(C)CCC(N)(Cc2ccc(F)cc2Cl)C1. The smallest absolute Gasteiger partial charge is 0.124 e. The van der Waals surface area contributed by atoms with E-state index in [1.165, 1.54) is 12.1 Å². The van der Waals surface area contributed by atoms with Crippen molar-refractivity contribution in [3.05, 3.63) is 34.6 Å². The summed E-state index contributed by atoms with van der Waals surface area (Å²) in [5.74, 6) is -0.295. The van der Waals surface area contributed by atoms with Crippen LogP contribution in [0.1, 0.15) is 38.7 Å². The third-order valence-electron chi connectivity index (χ3n) is 3.69. The Morgan fingerprint density at radius 3 is 2.59 bits per heavy atom. The number of rotatable bonds is 2. The fourth-order valence-electron chi connectivity index (χ4n) is 2.91. The predicted molar refractivity (Wildman–Crippen MR) is 69.7 cm³/mol. The van der Waals surface area contributed by atoms with E-state index in [9.17, 15) is 4.39 Å². The summed E-state index contributed by atoms with van der Waals surface area (Å²) in [5.41, 5.74) is 7.49. The summed E-state index contributed by atoms with van der Waals surface area (Å²) in [6, 6.07) is 4.56. The van der Waals surface area contributed by atoms with Gasteiger partial charge in [-0.15, -0.1) is 0 Å². The molecule has 0 amide bonds. The molecule has 0 aliphatic heterocycles. The van der Waals surface area contributed by atoms with E-state index in [1.54, 1.807) is 6.07 Å². The van der Waals surface area contributed by atoms with Gasteiger partial charge in [0.25, 0.3) is 0 Å². The average molecular weight is 256 g/mol. The Hall–Kier alpha value is -0.600.